The molecule has 10 nitrogen and oxygen atoms in total. The first-order chi connectivity index (χ1) is 17.6. The van der Waals surface area contributed by atoms with Gasteiger partial charge in [-0.1, -0.05) is 25.2 Å². The minimum absolute atomic E-state index is 0.0597. The highest BCUT2D eigenvalue weighted by atomic mass is 16.8. The normalized spacial score (nSPS) is 28.6. The minimum Gasteiger partial charge on any atom is -0.497 e. The number of ether oxygens (including phenoxy) is 8. The molecule has 204 valence electrons. The Kier molecular flexibility index (Phi) is 9.86. The van der Waals surface area contributed by atoms with Gasteiger partial charge < -0.3 is 37.9 Å². The average molecular weight is 521 g/mol. The van der Waals surface area contributed by atoms with Gasteiger partial charge in [-0.25, -0.2) is 4.79 Å². The molecule has 1 fully saturated rings. The van der Waals surface area contributed by atoms with E-state index in [1.54, 1.807) is 51.1 Å². The van der Waals surface area contributed by atoms with Gasteiger partial charge in [0.25, 0.3) is 0 Å². The van der Waals surface area contributed by atoms with Crippen molar-refractivity contribution in [2.75, 3.05) is 34.9 Å². The molecule has 1 aromatic carbocycles. The van der Waals surface area contributed by atoms with Crippen molar-refractivity contribution in [1.29, 1.82) is 0 Å². The first-order valence-electron chi connectivity index (χ1n) is 12.0. The molecule has 0 aliphatic carbocycles. The molecule has 0 aromatic heterocycles. The lowest BCUT2D eigenvalue weighted by atomic mass is 9.98. The molecular formula is C27H36O10. The van der Waals surface area contributed by atoms with Crippen LogP contribution in [0.2, 0.25) is 0 Å². The number of benzene rings is 1. The Morgan fingerprint density at radius 2 is 1.68 bits per heavy atom. The second-order valence-electron chi connectivity index (χ2n) is 9.29. The van der Waals surface area contributed by atoms with Crippen LogP contribution in [0.5, 0.6) is 11.5 Å². The van der Waals surface area contributed by atoms with Crippen molar-refractivity contribution in [3.8, 4) is 11.5 Å². The smallest absolute Gasteiger partial charge is 0.342 e. The molecule has 10 heteroatoms. The second-order valence-corrected chi connectivity index (χ2v) is 9.29. The maximum absolute atomic E-state index is 13.4. The van der Waals surface area contributed by atoms with Crippen LogP contribution in [-0.2, 0) is 33.2 Å². The van der Waals surface area contributed by atoms with E-state index in [1.807, 2.05) is 6.92 Å². The van der Waals surface area contributed by atoms with E-state index < -0.39 is 36.2 Å². The number of methoxy groups -OCH3 is 3. The van der Waals surface area contributed by atoms with Crippen molar-refractivity contribution in [3.05, 3.63) is 41.5 Å². The van der Waals surface area contributed by atoms with E-state index in [2.05, 4.69) is 0 Å². The number of rotatable bonds is 7. The summed E-state index contributed by atoms with van der Waals surface area (Å²) in [6.45, 7) is 6.93. The summed E-state index contributed by atoms with van der Waals surface area (Å²) in [7, 11) is 4.48. The van der Waals surface area contributed by atoms with E-state index in [0.29, 0.717) is 11.3 Å². The highest BCUT2D eigenvalue weighted by molar-refractivity contribution is 5.97. The van der Waals surface area contributed by atoms with Crippen molar-refractivity contribution in [2.45, 2.75) is 57.9 Å². The SMILES string of the molecule is COCOc1cc(OC)cc2c1C(=O)OC(C)[C@H](C)/C=C\C(=O)[C@H]1OC(C)(C)O[C@H]1C(OCOC)C=C2. The highest BCUT2D eigenvalue weighted by Gasteiger charge is 2.48. The van der Waals surface area contributed by atoms with Crippen molar-refractivity contribution in [1.82, 2.24) is 0 Å². The number of hydrogen-bond acceptors (Lipinski definition) is 10. The van der Waals surface area contributed by atoms with Crippen LogP contribution in [-0.4, -0.2) is 76.9 Å². The van der Waals surface area contributed by atoms with Gasteiger partial charge in [0.15, 0.2) is 24.5 Å². The molecule has 1 aromatic rings. The van der Waals surface area contributed by atoms with Gasteiger partial charge >= 0.3 is 5.97 Å². The Hall–Kier alpha value is -2.76. The number of carbonyl (C=O) groups excluding carboxylic acids is 2. The molecule has 0 saturated carbocycles. The topological polar surface area (TPSA) is 108 Å². The zero-order chi connectivity index (χ0) is 27.2. The predicted octanol–water partition coefficient (Wildman–Crippen LogP) is 3.52. The summed E-state index contributed by atoms with van der Waals surface area (Å²) in [5.41, 5.74) is 0.645. The maximum atomic E-state index is 13.4. The number of ketones is 1. The van der Waals surface area contributed by atoms with Crippen LogP contribution in [0.1, 0.15) is 43.6 Å². The molecule has 0 amide bonds. The van der Waals surface area contributed by atoms with Crippen LogP contribution < -0.4 is 9.47 Å². The van der Waals surface area contributed by atoms with Crippen molar-refractivity contribution < 1.29 is 47.5 Å². The van der Waals surface area contributed by atoms with E-state index >= 15 is 0 Å². The molecule has 37 heavy (non-hydrogen) atoms. The Labute approximate surface area is 217 Å². The molecule has 3 rings (SSSR count). The molecule has 2 aliphatic rings. The summed E-state index contributed by atoms with van der Waals surface area (Å²) >= 11 is 0. The molecule has 0 radical (unpaired) electrons. The third-order valence-corrected chi connectivity index (χ3v) is 6.05. The molecule has 2 unspecified atom stereocenters. The van der Waals surface area contributed by atoms with Crippen LogP contribution in [0.4, 0.5) is 0 Å². The van der Waals surface area contributed by atoms with Crippen LogP contribution in [0, 0.1) is 5.92 Å². The molecule has 0 N–H and O–H groups in total. The highest BCUT2D eigenvalue weighted by Crippen LogP contribution is 2.35. The fourth-order valence-corrected chi connectivity index (χ4v) is 4.00. The number of carbonyl (C=O) groups is 2. The summed E-state index contributed by atoms with van der Waals surface area (Å²) in [6.07, 6.45) is 3.48. The average Bonchev–Trinajstić information content (AvgIpc) is 3.19. The van der Waals surface area contributed by atoms with Gasteiger partial charge in [-0.15, -0.1) is 0 Å². The quantitative estimate of drug-likeness (QED) is 0.391. The van der Waals surface area contributed by atoms with Crippen molar-refractivity contribution >= 4 is 17.8 Å². The zero-order valence-electron chi connectivity index (χ0n) is 22.3. The molecule has 5 atom stereocenters. The first-order valence-corrected chi connectivity index (χ1v) is 12.0. The lowest BCUT2D eigenvalue weighted by molar-refractivity contribution is -0.164. The molecule has 1 saturated heterocycles. The lowest BCUT2D eigenvalue weighted by Crippen LogP contribution is -2.40. The van der Waals surface area contributed by atoms with Gasteiger partial charge in [0.05, 0.1) is 7.11 Å². The Balaban J connectivity index is 2.18. The standard InChI is InChI=1S/C27H36O10/c1-16-8-10-20(28)24-25(37-27(3,4)36-24)21(33-14-30-5)11-9-18-12-19(32-7)13-22(34-15-31-6)23(18)26(29)35-17(16)2/h8-13,16-17,21,24-25H,14-15H2,1-7H3/b10-8-,11-9?/t16-,17?,21?,24-,25+/m1/s1. The number of fused-ring (bicyclic) bond motifs is 2. The second kappa shape index (κ2) is 12.7. The summed E-state index contributed by atoms with van der Waals surface area (Å²) in [5.74, 6) is -1.48. The van der Waals surface area contributed by atoms with Crippen molar-refractivity contribution in [2.24, 2.45) is 5.92 Å². The fourth-order valence-electron chi connectivity index (χ4n) is 4.00. The van der Waals surface area contributed by atoms with Gasteiger partial charge in [-0.3, -0.25) is 4.79 Å². The molecule has 0 spiro atoms. The molecular weight excluding hydrogens is 484 g/mol. The van der Waals surface area contributed by atoms with Crippen LogP contribution in [0.15, 0.2) is 30.4 Å². The Bertz CT molecular complexity index is 1010. The first kappa shape index (κ1) is 28.8. The lowest BCUT2D eigenvalue weighted by Gasteiger charge is -2.24. The Morgan fingerprint density at radius 1 is 0.946 bits per heavy atom. The number of esters is 1. The van der Waals surface area contributed by atoms with Crippen LogP contribution in [0.3, 0.4) is 0 Å². The third kappa shape index (κ3) is 7.18. The van der Waals surface area contributed by atoms with Crippen LogP contribution in [0.25, 0.3) is 6.08 Å². The zero-order valence-corrected chi connectivity index (χ0v) is 22.3. The monoisotopic (exact) mass is 520 g/mol. The summed E-state index contributed by atoms with van der Waals surface area (Å²) < 4.78 is 45.0. The summed E-state index contributed by atoms with van der Waals surface area (Å²) in [6, 6.07) is 3.27. The van der Waals surface area contributed by atoms with Gasteiger partial charge in [0.1, 0.15) is 42.2 Å². The van der Waals surface area contributed by atoms with E-state index in [4.69, 9.17) is 37.9 Å². The van der Waals surface area contributed by atoms with E-state index in [9.17, 15) is 9.59 Å². The summed E-state index contributed by atoms with van der Waals surface area (Å²) in [4.78, 5) is 26.6. The fraction of sp³-hybridized carbons (Fsp3) is 0.556. The number of hydrogen-bond donors (Lipinski definition) is 0. The van der Waals surface area contributed by atoms with E-state index in [1.165, 1.54) is 27.4 Å². The Morgan fingerprint density at radius 3 is 2.35 bits per heavy atom. The molecule has 2 aliphatic heterocycles. The van der Waals surface area contributed by atoms with E-state index in [-0.39, 0.29) is 36.6 Å². The molecule has 2 heterocycles. The largest absolute Gasteiger partial charge is 0.497 e. The van der Waals surface area contributed by atoms with Crippen molar-refractivity contribution in [3.63, 3.8) is 0 Å². The minimum atomic E-state index is -1.02. The van der Waals surface area contributed by atoms with E-state index in [0.717, 1.165) is 0 Å². The molecule has 0 bridgehead atoms. The summed E-state index contributed by atoms with van der Waals surface area (Å²) in [5, 5.41) is 0. The van der Waals surface area contributed by atoms with Gasteiger partial charge in [0.2, 0.25) is 0 Å². The van der Waals surface area contributed by atoms with Crippen LogP contribution >= 0.6 is 0 Å². The van der Waals surface area contributed by atoms with Gasteiger partial charge in [-0.2, -0.15) is 0 Å². The maximum Gasteiger partial charge on any atom is 0.342 e. The number of cyclic esters (lactones) is 1. The predicted molar refractivity (Wildman–Crippen MR) is 133 cm³/mol. The third-order valence-electron chi connectivity index (χ3n) is 6.05. The van der Waals surface area contributed by atoms with Gasteiger partial charge in [0, 0.05) is 26.2 Å². The van der Waals surface area contributed by atoms with Gasteiger partial charge in [-0.05, 0) is 38.5 Å².